The van der Waals surface area contributed by atoms with Crippen LogP contribution in [0.5, 0.6) is 0 Å². The zero-order chi connectivity index (χ0) is 31.2. The third kappa shape index (κ3) is 5.62. The number of benzene rings is 1. The Morgan fingerprint density at radius 2 is 1.86 bits per heavy atom. The Bertz CT molecular complexity index is 1930. The first-order chi connectivity index (χ1) is 21.0. The summed E-state index contributed by atoms with van der Waals surface area (Å²) in [6, 6.07) is 10.9. The number of rotatable bonds is 3. The average Bonchev–Trinajstić information content (AvgIpc) is 3.62. The predicted octanol–water partition coefficient (Wildman–Crippen LogP) is 5.91. The molecule has 0 aliphatic carbocycles. The Balaban J connectivity index is 1.42. The minimum atomic E-state index is -4.67. The van der Waals surface area contributed by atoms with Crippen molar-refractivity contribution < 1.29 is 18.0 Å². The van der Waals surface area contributed by atoms with Gasteiger partial charge in [0.05, 0.1) is 41.2 Å². The maximum atomic E-state index is 13.7. The second-order valence-electron chi connectivity index (χ2n) is 10.7. The number of hydrogen-bond donors (Lipinski definition) is 1. The lowest BCUT2D eigenvalue weighted by Gasteiger charge is -2.22. The van der Waals surface area contributed by atoms with E-state index in [1.165, 1.54) is 35.1 Å². The van der Waals surface area contributed by atoms with E-state index in [0.29, 0.717) is 46.8 Å². The third-order valence-corrected chi connectivity index (χ3v) is 7.95. The van der Waals surface area contributed by atoms with Crippen molar-refractivity contribution in [2.75, 3.05) is 5.32 Å². The van der Waals surface area contributed by atoms with Crippen molar-refractivity contribution in [1.82, 2.24) is 34.3 Å². The number of fused-ring (bicyclic) bond motifs is 4. The van der Waals surface area contributed by atoms with Crippen LogP contribution in [0.3, 0.4) is 0 Å². The van der Waals surface area contributed by atoms with Crippen molar-refractivity contribution in [3.8, 4) is 28.1 Å². The Kier molecular flexibility index (Phi) is 7.58. The highest BCUT2D eigenvalue weighted by atomic mass is 35.5. The topological polar surface area (TPSA) is 113 Å². The molecule has 1 aliphatic rings. The number of nitrogens with zero attached hydrogens (tertiary/aromatic N) is 7. The molecule has 1 aromatic carbocycles. The molecule has 1 amide bonds. The Morgan fingerprint density at radius 1 is 1.05 bits per heavy atom. The van der Waals surface area contributed by atoms with Gasteiger partial charge >= 0.3 is 6.18 Å². The molecule has 6 rings (SSSR count). The van der Waals surface area contributed by atoms with E-state index in [1.54, 1.807) is 6.20 Å². The summed E-state index contributed by atoms with van der Waals surface area (Å²) in [6.45, 7) is 1.87. The van der Waals surface area contributed by atoms with Gasteiger partial charge in [-0.05, 0) is 49.2 Å². The van der Waals surface area contributed by atoms with Crippen LogP contribution in [0.4, 0.5) is 18.9 Å². The van der Waals surface area contributed by atoms with Crippen LogP contribution in [0, 0.1) is 5.92 Å². The molecule has 14 heteroatoms. The fourth-order valence-electron chi connectivity index (χ4n) is 5.42. The van der Waals surface area contributed by atoms with Crippen molar-refractivity contribution in [3.05, 3.63) is 94.0 Å². The molecule has 10 nitrogen and oxygen atoms in total. The highest BCUT2D eigenvalue weighted by Gasteiger charge is 2.35. The van der Waals surface area contributed by atoms with Crippen LogP contribution >= 0.6 is 11.6 Å². The standard InChI is InChI=1S/C30H26ClF3N8O2/c1-17-4-3-5-25(23-12-18(8-10-35-23)28-22(37-29(17)44)9-11-40(28)2)42-27(43)13-19(15-36-42)21-14-20(31)6-7-24(21)41-16-26(38-39-41)30(32,33)34/h6-17,25H,3-5H2,1-2H3,(H,37,44)/t17-,25+/m1/s1. The molecule has 0 saturated heterocycles. The van der Waals surface area contributed by atoms with Gasteiger partial charge in [0.25, 0.3) is 5.56 Å². The van der Waals surface area contributed by atoms with Crippen LogP contribution < -0.4 is 10.9 Å². The molecule has 5 heterocycles. The monoisotopic (exact) mass is 622 g/mol. The van der Waals surface area contributed by atoms with Crippen molar-refractivity contribution in [2.24, 2.45) is 13.0 Å². The van der Waals surface area contributed by atoms with Crippen LogP contribution in [0.1, 0.15) is 43.6 Å². The van der Waals surface area contributed by atoms with Crippen LogP contribution in [0.25, 0.3) is 28.1 Å². The number of aromatic nitrogens is 7. The number of anilines is 1. The molecular formula is C30H26ClF3N8O2. The first kappa shape index (κ1) is 29.3. The van der Waals surface area contributed by atoms with Crippen molar-refractivity contribution in [1.29, 1.82) is 0 Å². The quantitative estimate of drug-likeness (QED) is 0.268. The van der Waals surface area contributed by atoms with Gasteiger partial charge in [-0.25, -0.2) is 9.36 Å². The van der Waals surface area contributed by atoms with E-state index in [4.69, 9.17) is 11.6 Å². The normalized spacial score (nSPS) is 17.4. The van der Waals surface area contributed by atoms with Crippen LogP contribution in [0.2, 0.25) is 5.02 Å². The maximum Gasteiger partial charge on any atom is 0.436 e. The van der Waals surface area contributed by atoms with E-state index >= 15 is 0 Å². The van der Waals surface area contributed by atoms with Gasteiger partial charge < -0.3 is 9.88 Å². The second-order valence-corrected chi connectivity index (χ2v) is 11.2. The highest BCUT2D eigenvalue weighted by molar-refractivity contribution is 6.31. The maximum absolute atomic E-state index is 13.7. The van der Waals surface area contributed by atoms with E-state index in [0.717, 1.165) is 22.1 Å². The van der Waals surface area contributed by atoms with Crippen LogP contribution in [-0.4, -0.2) is 40.2 Å². The molecule has 5 aromatic rings. The van der Waals surface area contributed by atoms with E-state index in [2.05, 4.69) is 25.7 Å². The average molecular weight is 623 g/mol. The lowest BCUT2D eigenvalue weighted by molar-refractivity contribution is -0.141. The van der Waals surface area contributed by atoms with E-state index < -0.39 is 23.5 Å². The summed E-state index contributed by atoms with van der Waals surface area (Å²) in [5, 5.41) is 14.7. The van der Waals surface area contributed by atoms with Crippen LogP contribution in [-0.2, 0) is 18.0 Å². The van der Waals surface area contributed by atoms with Crippen molar-refractivity contribution in [2.45, 2.75) is 38.4 Å². The lowest BCUT2D eigenvalue weighted by Crippen LogP contribution is -2.29. The number of carbonyl (C=O) groups excluding carboxylic acids is 1. The molecule has 0 saturated carbocycles. The van der Waals surface area contributed by atoms with E-state index in [1.807, 2.05) is 42.9 Å². The molecule has 226 valence electrons. The summed E-state index contributed by atoms with van der Waals surface area (Å²) < 4.78 is 43.8. The summed E-state index contributed by atoms with van der Waals surface area (Å²) in [5.41, 5.74) is 2.25. The first-order valence-electron chi connectivity index (χ1n) is 13.8. The molecular weight excluding hydrogens is 597 g/mol. The molecule has 1 aliphatic heterocycles. The lowest BCUT2D eigenvalue weighted by atomic mass is 9.97. The Hall–Kier alpha value is -4.78. The minimum Gasteiger partial charge on any atom is -0.349 e. The molecule has 0 unspecified atom stereocenters. The van der Waals surface area contributed by atoms with Crippen LogP contribution in [0.15, 0.2) is 72.0 Å². The van der Waals surface area contributed by atoms with Gasteiger partial charge in [0.2, 0.25) is 5.91 Å². The fourth-order valence-corrected chi connectivity index (χ4v) is 5.59. The fraction of sp³-hybridized carbons (Fsp3) is 0.267. The molecule has 2 bridgehead atoms. The number of nitrogens with one attached hydrogen (secondary N) is 1. The predicted molar refractivity (Wildman–Crippen MR) is 157 cm³/mol. The third-order valence-electron chi connectivity index (χ3n) is 7.71. The van der Waals surface area contributed by atoms with E-state index in [9.17, 15) is 22.8 Å². The summed E-state index contributed by atoms with van der Waals surface area (Å²) in [6.07, 6.45) is 2.78. The zero-order valence-electron chi connectivity index (χ0n) is 23.6. The molecule has 44 heavy (non-hydrogen) atoms. The summed E-state index contributed by atoms with van der Waals surface area (Å²) in [5.74, 6) is -0.354. The molecule has 0 spiro atoms. The van der Waals surface area contributed by atoms with Crippen molar-refractivity contribution >= 4 is 23.2 Å². The molecule has 2 atom stereocenters. The number of pyridine rings is 1. The SMILES string of the molecule is C[C@@H]1CCC[C@H](n2ncc(-c3cc(Cl)ccc3-n3cc(C(F)(F)F)nn3)cc2=O)c2cc(ccn2)-c2c(ccn2C)NC1=O. The summed E-state index contributed by atoms with van der Waals surface area (Å²) in [7, 11) is 1.88. The van der Waals surface area contributed by atoms with Gasteiger partial charge in [-0.15, -0.1) is 5.10 Å². The van der Waals surface area contributed by atoms with Gasteiger partial charge in [0, 0.05) is 53.1 Å². The molecule has 4 aromatic heterocycles. The van der Waals surface area contributed by atoms with E-state index in [-0.39, 0.29) is 17.5 Å². The van der Waals surface area contributed by atoms with Crippen molar-refractivity contribution in [3.63, 3.8) is 0 Å². The largest absolute Gasteiger partial charge is 0.436 e. The molecule has 1 N–H and O–H groups in total. The number of carbonyl (C=O) groups is 1. The first-order valence-corrected chi connectivity index (χ1v) is 14.2. The smallest absolute Gasteiger partial charge is 0.349 e. The molecule has 0 fully saturated rings. The van der Waals surface area contributed by atoms with Gasteiger partial charge in [-0.1, -0.05) is 30.2 Å². The van der Waals surface area contributed by atoms with Gasteiger partial charge in [0.1, 0.15) is 0 Å². The number of halogens is 4. The minimum absolute atomic E-state index is 0.0874. The number of amides is 1. The van der Waals surface area contributed by atoms with Gasteiger partial charge in [-0.2, -0.15) is 18.3 Å². The summed E-state index contributed by atoms with van der Waals surface area (Å²) >= 11 is 6.24. The Labute approximate surface area is 254 Å². The number of aryl methyl sites for hydroxylation is 1. The zero-order valence-corrected chi connectivity index (χ0v) is 24.3. The number of hydrogen-bond acceptors (Lipinski definition) is 6. The van der Waals surface area contributed by atoms with Gasteiger partial charge in [-0.3, -0.25) is 14.6 Å². The van der Waals surface area contributed by atoms with Gasteiger partial charge in [0.15, 0.2) is 5.69 Å². The molecule has 0 radical (unpaired) electrons. The highest BCUT2D eigenvalue weighted by Crippen LogP contribution is 2.34. The Morgan fingerprint density at radius 3 is 2.61 bits per heavy atom. The summed E-state index contributed by atoms with van der Waals surface area (Å²) in [4.78, 5) is 31.2. The second kappa shape index (κ2) is 11.4. The number of alkyl halides is 3.